The highest BCUT2D eigenvalue weighted by Gasteiger charge is 2.51. The molecule has 142 valence electrons. The van der Waals surface area contributed by atoms with Gasteiger partial charge in [0.15, 0.2) is 5.16 Å². The van der Waals surface area contributed by atoms with Crippen molar-refractivity contribution in [1.29, 1.82) is 0 Å². The molecule has 26 heavy (non-hydrogen) atoms. The lowest BCUT2D eigenvalue weighted by Crippen LogP contribution is -2.41. The van der Waals surface area contributed by atoms with E-state index in [0.29, 0.717) is 5.92 Å². The van der Waals surface area contributed by atoms with E-state index < -0.39 is 7.12 Å². The fourth-order valence-electron chi connectivity index (χ4n) is 3.11. The summed E-state index contributed by atoms with van der Waals surface area (Å²) in [4.78, 5) is 22.3. The average molecular weight is 377 g/mol. The second-order valence-electron chi connectivity index (χ2n) is 8.15. The van der Waals surface area contributed by atoms with Gasteiger partial charge >= 0.3 is 7.12 Å². The Hall–Kier alpha value is -1.12. The van der Waals surface area contributed by atoms with E-state index in [-0.39, 0.29) is 17.1 Å². The number of hydrogen-bond acceptors (Lipinski definition) is 6. The van der Waals surface area contributed by atoms with E-state index in [2.05, 4.69) is 9.97 Å². The van der Waals surface area contributed by atoms with Crippen LogP contribution in [0.5, 0.6) is 0 Å². The Morgan fingerprint density at radius 1 is 1.19 bits per heavy atom. The lowest BCUT2D eigenvalue weighted by Gasteiger charge is -2.32. The summed E-state index contributed by atoms with van der Waals surface area (Å²) in [6.45, 7) is 11.5. The molecule has 0 bridgehead atoms. The number of nitrogens with zero attached hydrogens (tertiary/aromatic N) is 3. The summed E-state index contributed by atoms with van der Waals surface area (Å²) in [7, 11) is -0.421. The van der Waals surface area contributed by atoms with Crippen molar-refractivity contribution in [3.05, 3.63) is 12.4 Å². The second-order valence-corrected chi connectivity index (χ2v) is 9.13. The molecule has 2 saturated heterocycles. The van der Waals surface area contributed by atoms with Gasteiger partial charge < -0.3 is 14.2 Å². The Kier molecular flexibility index (Phi) is 5.65. The summed E-state index contributed by atoms with van der Waals surface area (Å²) < 4.78 is 12.1. The highest BCUT2D eigenvalue weighted by Crippen LogP contribution is 2.36. The Balaban J connectivity index is 1.51. The SMILES string of the molecule is CC(=O)N1CCC(CSc2ncc(B3OC(C)(C)C(C)(C)O3)cn2)CC1. The minimum absolute atomic E-state index is 0.178. The number of piperidine rings is 1. The summed E-state index contributed by atoms with van der Waals surface area (Å²) >= 11 is 1.68. The van der Waals surface area contributed by atoms with Crippen LogP contribution in [0.15, 0.2) is 17.6 Å². The number of thioether (sulfide) groups is 1. The van der Waals surface area contributed by atoms with Crippen molar-refractivity contribution in [1.82, 2.24) is 14.9 Å². The summed E-state index contributed by atoms with van der Waals surface area (Å²) in [5.74, 6) is 1.78. The Bertz CT molecular complexity index is 630. The maximum atomic E-state index is 11.4. The first-order chi connectivity index (χ1) is 12.2. The number of hydrogen-bond donors (Lipinski definition) is 0. The molecule has 2 aliphatic rings. The van der Waals surface area contributed by atoms with Crippen LogP contribution in [-0.4, -0.2) is 57.9 Å². The largest absolute Gasteiger partial charge is 0.498 e. The number of aromatic nitrogens is 2. The van der Waals surface area contributed by atoms with Gasteiger partial charge in [0.25, 0.3) is 0 Å². The zero-order valence-electron chi connectivity index (χ0n) is 16.3. The Labute approximate surface area is 160 Å². The Morgan fingerprint density at radius 2 is 1.73 bits per heavy atom. The molecular weight excluding hydrogens is 349 g/mol. The van der Waals surface area contributed by atoms with Crippen molar-refractivity contribution in [2.75, 3.05) is 18.8 Å². The molecule has 6 nitrogen and oxygen atoms in total. The molecule has 2 fully saturated rings. The van der Waals surface area contributed by atoms with Crippen LogP contribution in [0.4, 0.5) is 0 Å². The van der Waals surface area contributed by atoms with Crippen molar-refractivity contribution < 1.29 is 14.1 Å². The molecule has 1 aromatic heterocycles. The van der Waals surface area contributed by atoms with Gasteiger partial charge in [-0.05, 0) is 46.5 Å². The molecule has 0 atom stereocenters. The molecule has 0 aromatic carbocycles. The average Bonchev–Trinajstić information content (AvgIpc) is 2.81. The summed E-state index contributed by atoms with van der Waals surface area (Å²) in [6.07, 6.45) is 5.71. The molecule has 3 heterocycles. The monoisotopic (exact) mass is 377 g/mol. The lowest BCUT2D eigenvalue weighted by molar-refractivity contribution is -0.130. The Morgan fingerprint density at radius 3 is 2.23 bits per heavy atom. The fourth-order valence-corrected chi connectivity index (χ4v) is 4.08. The van der Waals surface area contributed by atoms with Crippen molar-refractivity contribution in [3.8, 4) is 0 Å². The molecule has 0 unspecified atom stereocenters. The number of carbonyl (C=O) groups excluding carboxylic acids is 1. The first-order valence-corrected chi connectivity index (χ1v) is 10.2. The summed E-state index contributed by atoms with van der Waals surface area (Å²) in [5, 5.41) is 0.777. The highest BCUT2D eigenvalue weighted by molar-refractivity contribution is 7.99. The molecule has 0 aliphatic carbocycles. The van der Waals surface area contributed by atoms with Crippen molar-refractivity contribution >= 4 is 30.3 Å². The predicted octanol–water partition coefficient (Wildman–Crippen LogP) is 2.13. The molecule has 1 aromatic rings. The number of likely N-dealkylation sites (tertiary alicyclic amines) is 1. The van der Waals surface area contributed by atoms with E-state index in [9.17, 15) is 4.79 Å². The standard InChI is InChI=1S/C18H28BN3O3S/c1-13(23)22-8-6-14(7-9-22)12-26-16-20-10-15(11-21-16)19-24-17(2,3)18(4,5)25-19/h10-11,14H,6-9,12H2,1-5H3. The zero-order valence-corrected chi connectivity index (χ0v) is 17.1. The first-order valence-electron chi connectivity index (χ1n) is 9.24. The minimum Gasteiger partial charge on any atom is -0.399 e. The third-order valence-electron chi connectivity index (χ3n) is 5.68. The molecule has 0 radical (unpaired) electrons. The molecule has 0 spiro atoms. The summed E-state index contributed by atoms with van der Waals surface area (Å²) in [6, 6.07) is 0. The molecule has 2 aliphatic heterocycles. The van der Waals surface area contributed by atoms with Gasteiger partial charge in [-0.3, -0.25) is 4.79 Å². The van der Waals surface area contributed by atoms with Gasteiger partial charge in [0.05, 0.1) is 11.2 Å². The molecule has 3 rings (SSSR count). The second kappa shape index (κ2) is 7.48. The van der Waals surface area contributed by atoms with Crippen molar-refractivity contribution in [2.24, 2.45) is 5.92 Å². The highest BCUT2D eigenvalue weighted by atomic mass is 32.2. The first kappa shape index (κ1) is 19.6. The van der Waals surface area contributed by atoms with E-state index in [4.69, 9.17) is 9.31 Å². The normalized spacial score (nSPS) is 22.7. The molecule has 0 N–H and O–H groups in total. The quantitative estimate of drug-likeness (QED) is 0.455. The van der Waals surface area contributed by atoms with E-state index >= 15 is 0 Å². The lowest BCUT2D eigenvalue weighted by atomic mass is 9.81. The smallest absolute Gasteiger partial charge is 0.399 e. The van der Waals surface area contributed by atoms with E-state index in [1.54, 1.807) is 31.1 Å². The van der Waals surface area contributed by atoms with Gasteiger partial charge in [0, 0.05) is 43.6 Å². The third-order valence-corrected chi connectivity index (χ3v) is 6.79. The maximum Gasteiger partial charge on any atom is 0.498 e. The minimum atomic E-state index is -0.421. The topological polar surface area (TPSA) is 64.6 Å². The van der Waals surface area contributed by atoms with Gasteiger partial charge in [-0.15, -0.1) is 0 Å². The van der Waals surface area contributed by atoms with Crippen LogP contribution < -0.4 is 5.46 Å². The van der Waals surface area contributed by atoms with Crippen LogP contribution in [0.3, 0.4) is 0 Å². The van der Waals surface area contributed by atoms with Crippen molar-refractivity contribution in [3.63, 3.8) is 0 Å². The van der Waals surface area contributed by atoms with Crippen molar-refractivity contribution in [2.45, 2.75) is 63.8 Å². The third kappa shape index (κ3) is 4.23. The number of amides is 1. The van der Waals surface area contributed by atoms with Gasteiger partial charge in [-0.25, -0.2) is 9.97 Å². The number of carbonyl (C=O) groups is 1. The van der Waals surface area contributed by atoms with Crippen LogP contribution in [0.2, 0.25) is 0 Å². The summed E-state index contributed by atoms with van der Waals surface area (Å²) in [5.41, 5.74) is 0.127. The fraction of sp³-hybridized carbons (Fsp3) is 0.722. The number of rotatable bonds is 4. The van der Waals surface area contributed by atoms with Crippen LogP contribution in [0.1, 0.15) is 47.5 Å². The van der Waals surface area contributed by atoms with Crippen LogP contribution in [0, 0.1) is 5.92 Å². The van der Waals surface area contributed by atoms with E-state index in [0.717, 1.165) is 42.3 Å². The molecule has 8 heteroatoms. The van der Waals surface area contributed by atoms with Crippen LogP contribution in [-0.2, 0) is 14.1 Å². The van der Waals surface area contributed by atoms with Crippen LogP contribution >= 0.6 is 11.8 Å². The predicted molar refractivity (Wildman–Crippen MR) is 103 cm³/mol. The van der Waals surface area contributed by atoms with Gasteiger partial charge in [-0.2, -0.15) is 0 Å². The molecule has 0 saturated carbocycles. The zero-order chi connectivity index (χ0) is 18.9. The molecule has 1 amide bonds. The molecular formula is C18H28BN3O3S. The van der Waals surface area contributed by atoms with Gasteiger partial charge in [-0.1, -0.05) is 11.8 Å². The van der Waals surface area contributed by atoms with Gasteiger partial charge in [0.2, 0.25) is 5.91 Å². The maximum absolute atomic E-state index is 11.4. The van der Waals surface area contributed by atoms with E-state index in [1.165, 1.54) is 0 Å². The van der Waals surface area contributed by atoms with Crippen LogP contribution in [0.25, 0.3) is 0 Å². The van der Waals surface area contributed by atoms with E-state index in [1.807, 2.05) is 32.6 Å². The van der Waals surface area contributed by atoms with Gasteiger partial charge in [0.1, 0.15) is 0 Å².